The monoisotopic (exact) mass is 306 g/mol. The number of rotatable bonds is 0. The standard InChI is InChI=1S/C6H3F2.Ir/c7-5-3-1-2-4-6(5)8;/h1,3-4H;/q-1;. The van der Waals surface area contributed by atoms with Crippen molar-refractivity contribution in [2.45, 2.75) is 0 Å². The molecule has 1 aromatic carbocycles. The van der Waals surface area contributed by atoms with Crippen LogP contribution in [0.1, 0.15) is 0 Å². The third-order valence-corrected chi connectivity index (χ3v) is 0.764. The van der Waals surface area contributed by atoms with E-state index in [4.69, 9.17) is 0 Å². The molecule has 0 fully saturated rings. The maximum absolute atomic E-state index is 11.9. The van der Waals surface area contributed by atoms with Gasteiger partial charge in [0.15, 0.2) is 0 Å². The molecule has 1 rings (SSSR count). The van der Waals surface area contributed by atoms with Crippen LogP contribution in [-0.4, -0.2) is 0 Å². The van der Waals surface area contributed by atoms with Crippen LogP contribution >= 0.6 is 0 Å². The molecule has 0 aliphatic heterocycles. The van der Waals surface area contributed by atoms with Crippen LogP contribution in [0.25, 0.3) is 0 Å². The largest absolute Gasteiger partial charge is 0.281 e. The second-order valence-electron chi connectivity index (χ2n) is 1.34. The van der Waals surface area contributed by atoms with Crippen LogP contribution in [0.3, 0.4) is 0 Å². The van der Waals surface area contributed by atoms with Gasteiger partial charge in [-0.05, 0) is 0 Å². The molecule has 0 saturated carbocycles. The molecule has 1 radical (unpaired) electrons. The van der Waals surface area contributed by atoms with Gasteiger partial charge < -0.3 is 0 Å². The van der Waals surface area contributed by atoms with E-state index in [1.807, 2.05) is 0 Å². The first kappa shape index (κ1) is 8.73. The van der Waals surface area contributed by atoms with Crippen LogP contribution < -0.4 is 0 Å². The topological polar surface area (TPSA) is 0 Å². The van der Waals surface area contributed by atoms with Gasteiger partial charge in [-0.2, -0.15) is 12.1 Å². The van der Waals surface area contributed by atoms with E-state index in [2.05, 4.69) is 6.07 Å². The quantitative estimate of drug-likeness (QED) is 0.641. The normalized spacial score (nSPS) is 8.22. The van der Waals surface area contributed by atoms with Crippen LogP contribution in [0.5, 0.6) is 0 Å². The number of hydrogen-bond acceptors (Lipinski definition) is 0. The minimum absolute atomic E-state index is 0. The summed E-state index contributed by atoms with van der Waals surface area (Å²) in [5.41, 5.74) is 0. The molecule has 9 heavy (non-hydrogen) atoms. The van der Waals surface area contributed by atoms with Gasteiger partial charge in [-0.1, -0.05) is 0 Å². The summed E-state index contributed by atoms with van der Waals surface area (Å²) in [4.78, 5) is 0. The second-order valence-corrected chi connectivity index (χ2v) is 1.34. The summed E-state index contributed by atoms with van der Waals surface area (Å²) < 4.78 is 23.8. The van der Waals surface area contributed by atoms with Crippen molar-refractivity contribution in [3.63, 3.8) is 0 Å². The van der Waals surface area contributed by atoms with E-state index in [1.165, 1.54) is 6.07 Å². The van der Waals surface area contributed by atoms with E-state index in [0.29, 0.717) is 0 Å². The molecule has 0 saturated heterocycles. The molecule has 0 aliphatic rings. The summed E-state index contributed by atoms with van der Waals surface area (Å²) in [5.74, 6) is -1.68. The molecule has 0 unspecified atom stereocenters. The summed E-state index contributed by atoms with van der Waals surface area (Å²) in [5, 5.41) is 0. The molecule has 0 aliphatic carbocycles. The summed E-state index contributed by atoms with van der Waals surface area (Å²) in [6.07, 6.45) is 0. The van der Waals surface area contributed by atoms with E-state index >= 15 is 0 Å². The molecule has 0 atom stereocenters. The van der Waals surface area contributed by atoms with Crippen molar-refractivity contribution in [2.24, 2.45) is 0 Å². The van der Waals surface area contributed by atoms with Gasteiger partial charge in [0.25, 0.3) is 0 Å². The fraction of sp³-hybridized carbons (Fsp3) is 0. The fourth-order valence-electron chi connectivity index (χ4n) is 0.391. The van der Waals surface area contributed by atoms with E-state index < -0.39 is 11.6 Å². The predicted molar refractivity (Wildman–Crippen MR) is 25.2 cm³/mol. The first-order valence-corrected chi connectivity index (χ1v) is 2.12. The average molecular weight is 305 g/mol. The molecule has 0 heterocycles. The molecule has 0 aromatic heterocycles. The second kappa shape index (κ2) is 3.70. The zero-order valence-corrected chi connectivity index (χ0v) is 6.72. The Kier molecular flexibility index (Phi) is 3.59. The van der Waals surface area contributed by atoms with Crippen molar-refractivity contribution in [3.05, 3.63) is 35.9 Å². The molecule has 0 spiro atoms. The molecular formula is C6H3F2Ir-. The SMILES string of the molecule is Fc1c[c-]ccc1F.[Ir]. The summed E-state index contributed by atoms with van der Waals surface area (Å²) in [6, 6.07) is 5.68. The van der Waals surface area contributed by atoms with Gasteiger partial charge in [-0.15, -0.1) is 12.1 Å². The van der Waals surface area contributed by atoms with Gasteiger partial charge in [-0.3, -0.25) is 4.39 Å². The Morgan fingerprint density at radius 1 is 1.22 bits per heavy atom. The smallest absolute Gasteiger partial charge is 0.0494 e. The Hall–Kier alpha value is -0.271. The summed E-state index contributed by atoms with van der Waals surface area (Å²) >= 11 is 0. The third kappa shape index (κ3) is 2.20. The first-order chi connectivity index (χ1) is 3.80. The van der Waals surface area contributed by atoms with Crippen molar-refractivity contribution in [1.82, 2.24) is 0 Å². The van der Waals surface area contributed by atoms with E-state index in [1.54, 1.807) is 0 Å². The molecule has 0 bridgehead atoms. The molecule has 0 nitrogen and oxygen atoms in total. The maximum atomic E-state index is 11.9. The predicted octanol–water partition coefficient (Wildman–Crippen LogP) is 1.76. The van der Waals surface area contributed by atoms with Crippen LogP contribution in [-0.2, 0) is 20.1 Å². The van der Waals surface area contributed by atoms with Crippen molar-refractivity contribution in [2.75, 3.05) is 0 Å². The molecule has 51 valence electrons. The molecule has 3 heteroatoms. The van der Waals surface area contributed by atoms with Gasteiger partial charge in [0.2, 0.25) is 0 Å². The zero-order valence-electron chi connectivity index (χ0n) is 4.32. The van der Waals surface area contributed by atoms with Gasteiger partial charge in [0.05, 0.1) is 0 Å². The Balaban J connectivity index is 0.000000640. The summed E-state index contributed by atoms with van der Waals surface area (Å²) in [6.45, 7) is 0. The molecule has 1 aromatic rings. The van der Waals surface area contributed by atoms with Gasteiger partial charge in [0, 0.05) is 31.7 Å². The van der Waals surface area contributed by atoms with Crippen molar-refractivity contribution in [3.8, 4) is 0 Å². The Labute approximate surface area is 65.2 Å². The zero-order chi connectivity index (χ0) is 5.98. The number of benzene rings is 1. The van der Waals surface area contributed by atoms with Crippen LogP contribution in [0.15, 0.2) is 18.2 Å². The number of halogens is 2. The average Bonchev–Trinajstić information content (AvgIpc) is 1.77. The van der Waals surface area contributed by atoms with E-state index in [-0.39, 0.29) is 20.1 Å². The Morgan fingerprint density at radius 3 is 2.22 bits per heavy atom. The van der Waals surface area contributed by atoms with Crippen LogP contribution in [0.4, 0.5) is 8.78 Å². The van der Waals surface area contributed by atoms with Crippen molar-refractivity contribution < 1.29 is 28.9 Å². The first-order valence-electron chi connectivity index (χ1n) is 2.12. The van der Waals surface area contributed by atoms with E-state index in [0.717, 1.165) is 12.1 Å². The number of hydrogen-bond donors (Lipinski definition) is 0. The van der Waals surface area contributed by atoms with Crippen molar-refractivity contribution >= 4 is 0 Å². The van der Waals surface area contributed by atoms with Crippen LogP contribution in [0.2, 0.25) is 0 Å². The third-order valence-electron chi connectivity index (χ3n) is 0.764. The van der Waals surface area contributed by atoms with Crippen molar-refractivity contribution in [1.29, 1.82) is 0 Å². The fourth-order valence-corrected chi connectivity index (χ4v) is 0.391. The maximum Gasteiger partial charge on any atom is 0.0494 e. The summed E-state index contributed by atoms with van der Waals surface area (Å²) in [7, 11) is 0. The van der Waals surface area contributed by atoms with Crippen LogP contribution in [0, 0.1) is 17.7 Å². The van der Waals surface area contributed by atoms with Gasteiger partial charge in [-0.25, -0.2) is 4.39 Å². The van der Waals surface area contributed by atoms with E-state index in [9.17, 15) is 8.78 Å². The minimum Gasteiger partial charge on any atom is -0.281 e. The molecule has 0 amide bonds. The minimum atomic E-state index is -0.854. The van der Waals surface area contributed by atoms with Gasteiger partial charge >= 0.3 is 0 Å². The molecule has 0 N–H and O–H groups in total. The Bertz CT molecular complexity index is 167. The molecular weight excluding hydrogens is 302 g/mol. The van der Waals surface area contributed by atoms with Gasteiger partial charge in [0.1, 0.15) is 0 Å². The Morgan fingerprint density at radius 2 is 1.89 bits per heavy atom.